The Kier molecular flexibility index (Phi) is 5.41. The van der Waals surface area contributed by atoms with E-state index in [0.717, 1.165) is 17.9 Å². The van der Waals surface area contributed by atoms with Crippen LogP contribution in [0.4, 0.5) is 17.5 Å². The van der Waals surface area contributed by atoms with Crippen LogP contribution in [0.3, 0.4) is 0 Å². The minimum atomic E-state index is 0.544. The number of aromatic nitrogens is 2. The molecule has 0 amide bonds. The first-order chi connectivity index (χ1) is 12.0. The van der Waals surface area contributed by atoms with Gasteiger partial charge in [0.15, 0.2) is 0 Å². The Labute approximate surface area is 157 Å². The van der Waals surface area contributed by atoms with Gasteiger partial charge < -0.3 is 10.2 Å². The fourth-order valence-electron chi connectivity index (χ4n) is 2.44. The van der Waals surface area contributed by atoms with Crippen LogP contribution >= 0.6 is 23.2 Å². The molecule has 1 N–H and O–H groups in total. The minimum absolute atomic E-state index is 0.544. The van der Waals surface area contributed by atoms with Crippen LogP contribution in [0.2, 0.25) is 10.0 Å². The summed E-state index contributed by atoms with van der Waals surface area (Å²) in [6.45, 7) is 2.67. The molecule has 0 bridgehead atoms. The van der Waals surface area contributed by atoms with Gasteiger partial charge in [-0.05, 0) is 30.7 Å². The number of rotatable bonds is 5. The zero-order valence-electron chi connectivity index (χ0n) is 14.0. The van der Waals surface area contributed by atoms with Gasteiger partial charge in [0.1, 0.15) is 5.82 Å². The first-order valence-corrected chi connectivity index (χ1v) is 8.59. The Bertz CT molecular complexity index is 869. The van der Waals surface area contributed by atoms with Crippen LogP contribution in [0.15, 0.2) is 54.6 Å². The van der Waals surface area contributed by atoms with Gasteiger partial charge in [-0.25, -0.2) is 4.98 Å². The number of nitrogens with zero attached hydrogens (tertiary/aromatic N) is 3. The lowest BCUT2D eigenvalue weighted by atomic mass is 10.2. The van der Waals surface area contributed by atoms with Gasteiger partial charge >= 0.3 is 0 Å². The Hall–Kier alpha value is -2.30. The topological polar surface area (TPSA) is 41.1 Å². The Morgan fingerprint density at radius 3 is 2.48 bits per heavy atom. The summed E-state index contributed by atoms with van der Waals surface area (Å²) in [6.07, 6.45) is 0. The summed E-state index contributed by atoms with van der Waals surface area (Å²) in [6, 6.07) is 17.4. The molecule has 0 unspecified atom stereocenters. The highest BCUT2D eigenvalue weighted by Crippen LogP contribution is 2.28. The average Bonchev–Trinajstić information content (AvgIpc) is 2.58. The molecule has 3 rings (SSSR count). The molecule has 2 aromatic carbocycles. The van der Waals surface area contributed by atoms with E-state index in [0.29, 0.717) is 21.8 Å². The molecule has 6 heteroatoms. The molecule has 0 aliphatic rings. The third-order valence-electron chi connectivity index (χ3n) is 3.64. The van der Waals surface area contributed by atoms with Crippen LogP contribution in [-0.4, -0.2) is 17.0 Å². The van der Waals surface area contributed by atoms with E-state index < -0.39 is 0 Å². The van der Waals surface area contributed by atoms with Gasteiger partial charge in [0.05, 0.1) is 10.7 Å². The number of nitrogens with one attached hydrogen (secondary N) is 1. The normalized spacial score (nSPS) is 10.6. The average molecular weight is 373 g/mol. The molecule has 0 spiro atoms. The van der Waals surface area contributed by atoms with Crippen molar-refractivity contribution in [2.45, 2.75) is 13.5 Å². The molecule has 0 atom stereocenters. The van der Waals surface area contributed by atoms with E-state index in [1.807, 2.05) is 49.2 Å². The lowest BCUT2D eigenvalue weighted by molar-refractivity contribution is 0.861. The zero-order valence-corrected chi connectivity index (χ0v) is 15.5. The number of aryl methyl sites for hydroxylation is 1. The predicted octanol–water partition coefficient (Wildman–Crippen LogP) is 5.47. The van der Waals surface area contributed by atoms with Gasteiger partial charge in [-0.1, -0.05) is 53.5 Å². The van der Waals surface area contributed by atoms with Crippen molar-refractivity contribution in [3.05, 3.63) is 75.9 Å². The summed E-state index contributed by atoms with van der Waals surface area (Å²) < 4.78 is 0. The highest BCUT2D eigenvalue weighted by molar-refractivity contribution is 6.36. The van der Waals surface area contributed by atoms with E-state index in [1.165, 1.54) is 5.56 Å². The summed E-state index contributed by atoms with van der Waals surface area (Å²) in [5.41, 5.74) is 2.82. The molecule has 25 heavy (non-hydrogen) atoms. The Morgan fingerprint density at radius 2 is 1.76 bits per heavy atom. The summed E-state index contributed by atoms with van der Waals surface area (Å²) in [5.74, 6) is 1.34. The first-order valence-electron chi connectivity index (χ1n) is 7.84. The van der Waals surface area contributed by atoms with Gasteiger partial charge in [-0.2, -0.15) is 4.98 Å². The lowest BCUT2D eigenvalue weighted by Gasteiger charge is -2.19. The lowest BCUT2D eigenvalue weighted by Crippen LogP contribution is -2.19. The largest absolute Gasteiger partial charge is 0.339 e. The number of benzene rings is 2. The van der Waals surface area contributed by atoms with Crippen molar-refractivity contribution in [3.63, 3.8) is 0 Å². The summed E-state index contributed by atoms with van der Waals surface area (Å²) in [5, 5.41) is 4.37. The van der Waals surface area contributed by atoms with Crippen molar-refractivity contribution in [2.24, 2.45) is 0 Å². The fraction of sp³-hybridized carbons (Fsp3) is 0.158. The second-order valence-electron chi connectivity index (χ2n) is 5.79. The van der Waals surface area contributed by atoms with Crippen molar-refractivity contribution < 1.29 is 0 Å². The van der Waals surface area contributed by atoms with Gasteiger partial charge in [-0.3, -0.25) is 0 Å². The molecule has 0 radical (unpaired) electrons. The molecule has 0 fully saturated rings. The molecule has 3 aromatic rings. The maximum atomic E-state index is 6.23. The molecule has 1 heterocycles. The van der Waals surface area contributed by atoms with E-state index in [4.69, 9.17) is 23.2 Å². The minimum Gasteiger partial charge on any atom is -0.339 e. The summed E-state index contributed by atoms with van der Waals surface area (Å²) >= 11 is 12.2. The monoisotopic (exact) mass is 372 g/mol. The molecule has 1 aromatic heterocycles. The highest BCUT2D eigenvalue weighted by Gasteiger charge is 2.09. The molecule has 0 aliphatic heterocycles. The molecule has 0 saturated heterocycles. The van der Waals surface area contributed by atoms with Gasteiger partial charge in [0, 0.05) is 30.4 Å². The number of hydrogen-bond acceptors (Lipinski definition) is 4. The molecular weight excluding hydrogens is 355 g/mol. The van der Waals surface area contributed by atoms with Crippen LogP contribution in [0.25, 0.3) is 0 Å². The van der Waals surface area contributed by atoms with Crippen molar-refractivity contribution in [3.8, 4) is 0 Å². The predicted molar refractivity (Wildman–Crippen MR) is 105 cm³/mol. The maximum absolute atomic E-state index is 6.23. The smallest absolute Gasteiger partial charge is 0.227 e. The van der Waals surface area contributed by atoms with Gasteiger partial charge in [0.25, 0.3) is 0 Å². The molecule has 0 aliphatic carbocycles. The first kappa shape index (κ1) is 17.5. The summed E-state index contributed by atoms with van der Waals surface area (Å²) in [4.78, 5) is 11.1. The molecule has 0 saturated carbocycles. The van der Waals surface area contributed by atoms with Crippen molar-refractivity contribution in [1.82, 2.24) is 9.97 Å². The van der Waals surface area contributed by atoms with Crippen molar-refractivity contribution >= 4 is 40.7 Å². The number of anilines is 3. The van der Waals surface area contributed by atoms with E-state index in [2.05, 4.69) is 27.4 Å². The fourth-order valence-corrected chi connectivity index (χ4v) is 2.90. The molecule has 128 valence electrons. The maximum Gasteiger partial charge on any atom is 0.227 e. The standard InChI is InChI=1S/C19H18Cl2N4/c1-13-10-18(23-17-9-8-15(20)11-16(17)21)24-19(22-13)25(2)12-14-6-4-3-5-7-14/h3-11H,12H2,1-2H3,(H,22,23,24). The Balaban J connectivity index is 1.82. The highest BCUT2D eigenvalue weighted by atomic mass is 35.5. The third-order valence-corrected chi connectivity index (χ3v) is 4.19. The third kappa shape index (κ3) is 4.62. The van der Waals surface area contributed by atoms with Gasteiger partial charge in [-0.15, -0.1) is 0 Å². The molecular formula is C19H18Cl2N4. The summed E-state index contributed by atoms with van der Waals surface area (Å²) in [7, 11) is 1.97. The van der Waals surface area contributed by atoms with Crippen LogP contribution < -0.4 is 10.2 Å². The zero-order chi connectivity index (χ0) is 17.8. The second-order valence-corrected chi connectivity index (χ2v) is 6.63. The van der Waals surface area contributed by atoms with Crippen molar-refractivity contribution in [2.75, 3.05) is 17.3 Å². The van der Waals surface area contributed by atoms with E-state index in [9.17, 15) is 0 Å². The molecule has 4 nitrogen and oxygen atoms in total. The van der Waals surface area contributed by atoms with E-state index in [1.54, 1.807) is 12.1 Å². The number of halogens is 2. The second kappa shape index (κ2) is 7.72. The van der Waals surface area contributed by atoms with E-state index in [-0.39, 0.29) is 0 Å². The van der Waals surface area contributed by atoms with Crippen LogP contribution in [0, 0.1) is 6.92 Å². The van der Waals surface area contributed by atoms with Crippen LogP contribution in [0.5, 0.6) is 0 Å². The Morgan fingerprint density at radius 1 is 1.00 bits per heavy atom. The quantitative estimate of drug-likeness (QED) is 0.644. The van der Waals surface area contributed by atoms with Crippen molar-refractivity contribution in [1.29, 1.82) is 0 Å². The van der Waals surface area contributed by atoms with Gasteiger partial charge in [0.2, 0.25) is 5.95 Å². The van der Waals surface area contributed by atoms with Crippen LogP contribution in [-0.2, 0) is 6.54 Å². The SMILES string of the molecule is Cc1cc(Nc2ccc(Cl)cc2Cl)nc(N(C)Cc2ccccc2)n1. The number of hydrogen-bond donors (Lipinski definition) is 1. The van der Waals surface area contributed by atoms with E-state index >= 15 is 0 Å². The van der Waals surface area contributed by atoms with Crippen LogP contribution in [0.1, 0.15) is 11.3 Å².